The number of allylic oxidation sites excluding steroid dienone is 6. The first kappa shape index (κ1) is 44.4. The summed E-state index contributed by atoms with van der Waals surface area (Å²) in [6.07, 6.45) is 18.8. The Morgan fingerprint density at radius 2 is 1.18 bits per heavy atom. The topological polar surface area (TPSA) is 6.25 Å². The first-order valence-electron chi connectivity index (χ1n) is 23.2. The van der Waals surface area contributed by atoms with Crippen LogP contribution in [0.25, 0.3) is 10.8 Å². The Labute approximate surface area is 374 Å². The van der Waals surface area contributed by atoms with E-state index in [4.69, 9.17) is 7.85 Å². The van der Waals surface area contributed by atoms with Crippen LogP contribution in [0.5, 0.6) is 0 Å². The molecule has 8 rings (SSSR count). The molecule has 3 radical (unpaired) electrons. The number of rotatable bonds is 15. The van der Waals surface area contributed by atoms with E-state index in [9.17, 15) is 0 Å². The standard InChI is InChI=1S/C37H45N2.C22H21B/c1-7-9-26-38-31-21-17-16-20-30(31)36(3,4)33(38)22-12-11-13-23-34-37(5,6)35-29-19-15-14-18-28(29)24-25-32(35)39(34)27-10-8-2;23-18-10-17-22(19-11-4-1-5-12-19,20-13-6-2-7-14-20)21-15-8-3-9-16-21/h11-25H,7-10,26-27H2,1-6H3;1-9,11-16H,10,17-18H2/q+1;-1. The fourth-order valence-electron chi connectivity index (χ4n) is 10.1. The lowest BCUT2D eigenvalue weighted by Crippen LogP contribution is -2.29. The van der Waals surface area contributed by atoms with Crippen LogP contribution in [0.15, 0.2) is 188 Å². The quantitative estimate of drug-likeness (QED) is 0.0433. The van der Waals surface area contributed by atoms with Gasteiger partial charge < -0.3 is 12.7 Å². The van der Waals surface area contributed by atoms with Gasteiger partial charge in [-0.15, -0.1) is 0 Å². The van der Waals surface area contributed by atoms with Gasteiger partial charge in [-0.2, -0.15) is 4.58 Å². The molecule has 6 aromatic rings. The third-order valence-corrected chi connectivity index (χ3v) is 13.3. The number of para-hydroxylation sites is 1. The molecule has 0 aromatic heterocycles. The minimum atomic E-state index is -0.150. The van der Waals surface area contributed by atoms with Crippen LogP contribution in [-0.2, 0) is 16.2 Å². The van der Waals surface area contributed by atoms with Gasteiger partial charge in [0.25, 0.3) is 0 Å². The van der Waals surface area contributed by atoms with Crippen LogP contribution in [0.1, 0.15) is 108 Å². The molecular weight excluding hydrogens is 747 g/mol. The molecule has 2 aliphatic heterocycles. The fraction of sp³-hybridized carbons (Fsp3) is 0.305. The largest absolute Gasteiger partial charge is 0.626 e. The highest BCUT2D eigenvalue weighted by molar-refractivity contribution is 6.08. The number of hydrogen-bond donors (Lipinski definition) is 0. The summed E-state index contributed by atoms with van der Waals surface area (Å²) in [6.45, 7) is 16.2. The predicted molar refractivity (Wildman–Crippen MR) is 269 cm³/mol. The molecule has 6 aromatic carbocycles. The number of hydrogen-bond acceptors (Lipinski definition) is 1. The highest BCUT2D eigenvalue weighted by Crippen LogP contribution is 2.48. The summed E-state index contributed by atoms with van der Waals surface area (Å²) >= 11 is 0. The summed E-state index contributed by atoms with van der Waals surface area (Å²) in [4.78, 5) is 2.54. The highest BCUT2D eigenvalue weighted by atomic mass is 15.2. The molecule has 0 spiro atoms. The van der Waals surface area contributed by atoms with Crippen molar-refractivity contribution in [3.63, 3.8) is 0 Å². The van der Waals surface area contributed by atoms with E-state index in [0.29, 0.717) is 6.32 Å². The molecule has 2 heterocycles. The lowest BCUT2D eigenvalue weighted by atomic mass is 9.66. The molecule has 0 amide bonds. The smallest absolute Gasteiger partial charge is 0.210 e. The van der Waals surface area contributed by atoms with Crippen molar-refractivity contribution in [2.24, 2.45) is 0 Å². The van der Waals surface area contributed by atoms with E-state index in [-0.39, 0.29) is 16.2 Å². The molecule has 3 heteroatoms. The van der Waals surface area contributed by atoms with E-state index in [1.54, 1.807) is 0 Å². The first-order valence-corrected chi connectivity index (χ1v) is 23.2. The zero-order valence-corrected chi connectivity index (χ0v) is 38.2. The van der Waals surface area contributed by atoms with Crippen LogP contribution < -0.4 is 4.90 Å². The van der Waals surface area contributed by atoms with Crippen LogP contribution >= 0.6 is 0 Å². The van der Waals surface area contributed by atoms with Crippen molar-refractivity contribution in [1.29, 1.82) is 0 Å². The van der Waals surface area contributed by atoms with E-state index in [2.05, 4.69) is 233 Å². The summed E-state index contributed by atoms with van der Waals surface area (Å²) in [7, 11) is 5.87. The molecule has 0 aliphatic carbocycles. The molecule has 0 N–H and O–H groups in total. The zero-order chi connectivity index (χ0) is 43.6. The second-order valence-electron chi connectivity index (χ2n) is 18.0. The average molecular weight is 814 g/mol. The van der Waals surface area contributed by atoms with Gasteiger partial charge in [0.2, 0.25) is 5.69 Å². The normalized spacial score (nSPS) is 16.0. The summed E-state index contributed by atoms with van der Waals surface area (Å²) < 4.78 is 2.57. The molecule has 0 atom stereocenters. The first-order chi connectivity index (χ1) is 30.2. The third kappa shape index (κ3) is 8.83. The monoisotopic (exact) mass is 814 g/mol. The Bertz CT molecular complexity index is 2430. The fourth-order valence-corrected chi connectivity index (χ4v) is 10.1. The van der Waals surface area contributed by atoms with E-state index in [0.717, 1.165) is 25.9 Å². The summed E-state index contributed by atoms with van der Waals surface area (Å²) in [5.74, 6) is 0. The van der Waals surface area contributed by atoms with Crippen molar-refractivity contribution in [2.75, 3.05) is 18.0 Å². The number of anilines is 1. The van der Waals surface area contributed by atoms with E-state index >= 15 is 0 Å². The van der Waals surface area contributed by atoms with Crippen LogP contribution in [0.2, 0.25) is 6.32 Å². The number of nitrogens with zero attached hydrogens (tertiary/aromatic N) is 2. The predicted octanol–water partition coefficient (Wildman–Crippen LogP) is 15.0. The Morgan fingerprint density at radius 3 is 1.79 bits per heavy atom. The van der Waals surface area contributed by atoms with Crippen LogP contribution in [-0.4, -0.2) is 31.2 Å². The maximum Gasteiger partial charge on any atom is 0.210 e. The lowest BCUT2D eigenvalue weighted by molar-refractivity contribution is -0.438. The molecule has 0 bridgehead atoms. The Kier molecular flexibility index (Phi) is 14.3. The summed E-state index contributed by atoms with van der Waals surface area (Å²) in [6, 6.07) is 54.7. The Balaban J connectivity index is 0.000000213. The van der Waals surface area contributed by atoms with E-state index in [1.807, 2.05) is 0 Å². The van der Waals surface area contributed by atoms with Crippen molar-refractivity contribution in [2.45, 2.75) is 103 Å². The van der Waals surface area contributed by atoms with Gasteiger partial charge in [0, 0.05) is 52.9 Å². The summed E-state index contributed by atoms with van der Waals surface area (Å²) in [5, 5.41) is 2.70. The summed E-state index contributed by atoms with van der Waals surface area (Å²) in [5.41, 5.74) is 12.2. The highest BCUT2D eigenvalue weighted by Gasteiger charge is 2.45. The molecule has 315 valence electrons. The van der Waals surface area contributed by atoms with E-state index in [1.165, 1.54) is 87.1 Å². The SMILES string of the molecule is CCCCN1C(=CC=CC=CC2=[N+](CCCC)c3ccc4ccccc4c3C2(C)C)C(C)(C)c2ccccc21.[B-]CCCC(c1ccccc1)(c1ccccc1)c1ccccc1. The number of unbranched alkanes of at least 4 members (excludes halogenated alkanes) is 2. The van der Waals surface area contributed by atoms with Crippen molar-refractivity contribution >= 4 is 35.7 Å². The molecular formula is C59H66BN2. The van der Waals surface area contributed by atoms with Gasteiger partial charge >= 0.3 is 0 Å². The van der Waals surface area contributed by atoms with E-state index < -0.39 is 0 Å². The van der Waals surface area contributed by atoms with Crippen molar-refractivity contribution in [1.82, 2.24) is 0 Å². The van der Waals surface area contributed by atoms with Crippen LogP contribution in [0.3, 0.4) is 0 Å². The minimum absolute atomic E-state index is 0.000233. The molecule has 0 saturated heterocycles. The van der Waals surface area contributed by atoms with Crippen molar-refractivity contribution < 1.29 is 4.58 Å². The van der Waals surface area contributed by atoms with Gasteiger partial charge in [0.1, 0.15) is 6.54 Å². The molecule has 62 heavy (non-hydrogen) atoms. The van der Waals surface area contributed by atoms with Crippen LogP contribution in [0.4, 0.5) is 11.4 Å². The van der Waals surface area contributed by atoms with Crippen molar-refractivity contribution in [3.8, 4) is 0 Å². The second-order valence-corrected chi connectivity index (χ2v) is 18.0. The van der Waals surface area contributed by atoms with Crippen molar-refractivity contribution in [3.05, 3.63) is 216 Å². The molecule has 2 aliphatic rings. The second kappa shape index (κ2) is 20.0. The minimum Gasteiger partial charge on any atom is -0.626 e. The average Bonchev–Trinajstić information content (AvgIpc) is 3.66. The Hall–Kier alpha value is -5.67. The maximum atomic E-state index is 5.87. The third-order valence-electron chi connectivity index (χ3n) is 13.3. The van der Waals surface area contributed by atoms with Gasteiger partial charge in [0.05, 0.1) is 5.41 Å². The van der Waals surface area contributed by atoms with Gasteiger partial charge in [0.15, 0.2) is 5.71 Å². The van der Waals surface area contributed by atoms with Gasteiger partial charge in [-0.3, -0.25) is 6.32 Å². The number of benzene rings is 6. The molecule has 2 nitrogen and oxygen atoms in total. The van der Waals surface area contributed by atoms with Crippen LogP contribution in [0, 0.1) is 0 Å². The maximum absolute atomic E-state index is 5.87. The van der Waals surface area contributed by atoms with Gasteiger partial charge in [-0.1, -0.05) is 199 Å². The van der Waals surface area contributed by atoms with Gasteiger partial charge in [-0.25, -0.2) is 0 Å². The number of fused-ring (bicyclic) bond motifs is 4. The van der Waals surface area contributed by atoms with Gasteiger partial charge in [-0.05, 0) is 77.9 Å². The molecule has 0 unspecified atom stereocenters. The molecule has 0 saturated carbocycles. The molecule has 0 fully saturated rings. The Morgan fingerprint density at radius 1 is 0.597 bits per heavy atom. The lowest BCUT2D eigenvalue weighted by Gasteiger charge is -2.37. The zero-order valence-electron chi connectivity index (χ0n) is 38.2.